The molecule has 1 fully saturated rings. The highest BCUT2D eigenvalue weighted by Crippen LogP contribution is 2.37. The van der Waals surface area contributed by atoms with Gasteiger partial charge in [-0.1, -0.05) is 6.92 Å². The molecule has 0 spiro atoms. The molecule has 33 heavy (non-hydrogen) atoms. The predicted octanol–water partition coefficient (Wildman–Crippen LogP) is 2.50. The normalized spacial score (nSPS) is 19.6. The summed E-state index contributed by atoms with van der Waals surface area (Å²) < 4.78 is 41.8. The molecular weight excluding hydrogens is 448 g/mol. The lowest BCUT2D eigenvalue weighted by Crippen LogP contribution is -2.40. The van der Waals surface area contributed by atoms with E-state index in [1.807, 2.05) is 0 Å². The number of anilines is 2. The summed E-state index contributed by atoms with van der Waals surface area (Å²) in [7, 11) is -1.31. The standard InChI is InChI=1S/C23H32N2O7S/c1-15(2)33(28,29)20-9-8-17(24-10-6-7-16(3)12-24)11-19(20)25-14-32-13-18(22(26)30-4)21(25)23(27)31-5/h8-9,11,15-16H,6-7,10,12-14H2,1-5H3. The summed E-state index contributed by atoms with van der Waals surface area (Å²) in [6, 6.07) is 5.12. The van der Waals surface area contributed by atoms with Crippen molar-refractivity contribution in [2.75, 3.05) is 50.4 Å². The summed E-state index contributed by atoms with van der Waals surface area (Å²) in [6.45, 7) is 6.81. The highest BCUT2D eigenvalue weighted by molar-refractivity contribution is 7.92. The number of esters is 2. The third kappa shape index (κ3) is 5.01. The number of rotatable bonds is 6. The number of ether oxygens (including phenoxy) is 3. The van der Waals surface area contributed by atoms with Gasteiger partial charge in [0.25, 0.3) is 0 Å². The van der Waals surface area contributed by atoms with Crippen molar-refractivity contribution in [2.24, 2.45) is 5.92 Å². The molecule has 9 nitrogen and oxygen atoms in total. The van der Waals surface area contributed by atoms with Crippen molar-refractivity contribution in [1.29, 1.82) is 0 Å². The molecule has 3 rings (SSSR count). The molecule has 1 aromatic carbocycles. The summed E-state index contributed by atoms with van der Waals surface area (Å²) in [4.78, 5) is 28.8. The molecule has 2 heterocycles. The van der Waals surface area contributed by atoms with Gasteiger partial charge in [0.1, 0.15) is 12.4 Å². The summed E-state index contributed by atoms with van der Waals surface area (Å²) >= 11 is 0. The van der Waals surface area contributed by atoms with Gasteiger partial charge >= 0.3 is 11.9 Å². The highest BCUT2D eigenvalue weighted by Gasteiger charge is 2.36. The Kier molecular flexibility index (Phi) is 7.69. The number of methoxy groups -OCH3 is 2. The van der Waals surface area contributed by atoms with E-state index < -0.39 is 27.0 Å². The Bertz CT molecular complexity index is 1050. The van der Waals surface area contributed by atoms with E-state index in [-0.39, 0.29) is 35.2 Å². The van der Waals surface area contributed by atoms with Crippen LogP contribution >= 0.6 is 0 Å². The lowest BCUT2D eigenvalue weighted by Gasteiger charge is -2.36. The van der Waals surface area contributed by atoms with Crippen molar-refractivity contribution >= 4 is 33.2 Å². The first-order chi connectivity index (χ1) is 15.6. The minimum atomic E-state index is -3.72. The Hall–Kier alpha value is -2.59. The largest absolute Gasteiger partial charge is 0.466 e. The topological polar surface area (TPSA) is 102 Å². The third-order valence-electron chi connectivity index (χ3n) is 6.02. The van der Waals surface area contributed by atoms with E-state index in [0.717, 1.165) is 31.6 Å². The van der Waals surface area contributed by atoms with Gasteiger partial charge in [0.05, 0.1) is 42.2 Å². The Morgan fingerprint density at radius 2 is 1.85 bits per heavy atom. The average Bonchev–Trinajstić information content (AvgIpc) is 2.82. The smallest absolute Gasteiger partial charge is 0.355 e. The summed E-state index contributed by atoms with van der Waals surface area (Å²) in [6.07, 6.45) is 2.18. The van der Waals surface area contributed by atoms with Gasteiger partial charge in [-0.25, -0.2) is 18.0 Å². The second-order valence-corrected chi connectivity index (χ2v) is 11.1. The van der Waals surface area contributed by atoms with E-state index in [0.29, 0.717) is 5.92 Å². The molecule has 1 aromatic rings. The Morgan fingerprint density at radius 1 is 1.15 bits per heavy atom. The number of carbonyl (C=O) groups is 2. The first-order valence-corrected chi connectivity index (χ1v) is 12.5. The van der Waals surface area contributed by atoms with Crippen molar-refractivity contribution in [2.45, 2.75) is 43.8 Å². The minimum Gasteiger partial charge on any atom is -0.466 e. The van der Waals surface area contributed by atoms with Crippen LogP contribution in [-0.2, 0) is 33.6 Å². The maximum absolute atomic E-state index is 13.2. The highest BCUT2D eigenvalue weighted by atomic mass is 32.2. The molecule has 1 saturated heterocycles. The van der Waals surface area contributed by atoms with Crippen LogP contribution in [0.15, 0.2) is 34.4 Å². The molecule has 0 aliphatic carbocycles. The number of hydrogen-bond acceptors (Lipinski definition) is 9. The quantitative estimate of drug-likeness (QED) is 0.568. The predicted molar refractivity (Wildman–Crippen MR) is 124 cm³/mol. The molecular formula is C23H32N2O7S. The van der Waals surface area contributed by atoms with Crippen LogP contribution in [0.2, 0.25) is 0 Å². The van der Waals surface area contributed by atoms with Gasteiger partial charge in [-0.2, -0.15) is 0 Å². The SMILES string of the molecule is COC(=O)C1=C(C(=O)OC)N(c2cc(N3CCCC(C)C3)ccc2S(=O)(=O)C(C)C)COC1. The maximum atomic E-state index is 13.2. The molecule has 0 radical (unpaired) electrons. The van der Waals surface area contributed by atoms with Crippen molar-refractivity contribution in [3.63, 3.8) is 0 Å². The molecule has 2 aliphatic rings. The molecule has 10 heteroatoms. The maximum Gasteiger partial charge on any atom is 0.355 e. The van der Waals surface area contributed by atoms with Crippen LogP contribution in [0, 0.1) is 5.92 Å². The van der Waals surface area contributed by atoms with Crippen LogP contribution in [0.1, 0.15) is 33.6 Å². The van der Waals surface area contributed by atoms with Gasteiger partial charge in [-0.15, -0.1) is 0 Å². The van der Waals surface area contributed by atoms with Gasteiger partial charge in [0.2, 0.25) is 0 Å². The molecule has 2 aliphatic heterocycles. The Morgan fingerprint density at radius 3 is 2.45 bits per heavy atom. The fourth-order valence-corrected chi connectivity index (χ4v) is 5.39. The molecule has 0 bridgehead atoms. The van der Waals surface area contributed by atoms with Gasteiger partial charge in [-0.05, 0) is 50.8 Å². The first-order valence-electron chi connectivity index (χ1n) is 11.0. The Labute approximate surface area is 195 Å². The molecule has 1 unspecified atom stereocenters. The molecule has 1 atom stereocenters. The van der Waals surface area contributed by atoms with Crippen molar-refractivity contribution in [1.82, 2.24) is 0 Å². The van der Waals surface area contributed by atoms with E-state index in [1.165, 1.54) is 19.1 Å². The third-order valence-corrected chi connectivity index (χ3v) is 8.22. The zero-order valence-corrected chi connectivity index (χ0v) is 20.6. The van der Waals surface area contributed by atoms with Crippen LogP contribution in [-0.4, -0.2) is 66.3 Å². The zero-order valence-electron chi connectivity index (χ0n) is 19.8. The van der Waals surface area contributed by atoms with Crippen LogP contribution in [0.3, 0.4) is 0 Å². The molecule has 0 amide bonds. The first kappa shape index (κ1) is 25.0. The van der Waals surface area contributed by atoms with Gasteiger partial charge in [0, 0.05) is 18.8 Å². The second kappa shape index (κ2) is 10.1. The van der Waals surface area contributed by atoms with Crippen molar-refractivity contribution in [3.05, 3.63) is 29.5 Å². The number of sulfone groups is 1. The monoisotopic (exact) mass is 480 g/mol. The minimum absolute atomic E-state index is 0.0273. The molecule has 182 valence electrons. The average molecular weight is 481 g/mol. The van der Waals surface area contributed by atoms with Gasteiger partial charge < -0.3 is 24.0 Å². The lowest BCUT2D eigenvalue weighted by molar-refractivity contribution is -0.140. The zero-order chi connectivity index (χ0) is 24.3. The van der Waals surface area contributed by atoms with E-state index >= 15 is 0 Å². The van der Waals surface area contributed by atoms with Crippen LogP contribution in [0.5, 0.6) is 0 Å². The number of benzene rings is 1. The fraction of sp³-hybridized carbons (Fsp3) is 0.565. The van der Waals surface area contributed by atoms with Crippen LogP contribution < -0.4 is 9.80 Å². The van der Waals surface area contributed by atoms with Gasteiger partial charge in [0.15, 0.2) is 9.84 Å². The van der Waals surface area contributed by atoms with Crippen molar-refractivity contribution < 1.29 is 32.2 Å². The van der Waals surface area contributed by atoms with Crippen molar-refractivity contribution in [3.8, 4) is 0 Å². The number of piperidine rings is 1. The Balaban J connectivity index is 2.23. The summed E-state index contributed by atoms with van der Waals surface area (Å²) in [5.41, 5.74) is 0.995. The fourth-order valence-electron chi connectivity index (χ4n) is 4.17. The molecule has 0 aromatic heterocycles. The van der Waals surface area contributed by atoms with Crippen LogP contribution in [0.25, 0.3) is 0 Å². The summed E-state index contributed by atoms with van der Waals surface area (Å²) in [5, 5.41) is -0.687. The van der Waals surface area contributed by atoms with Crippen LogP contribution in [0.4, 0.5) is 11.4 Å². The van der Waals surface area contributed by atoms with Gasteiger partial charge in [-0.3, -0.25) is 0 Å². The number of hydrogen-bond donors (Lipinski definition) is 0. The second-order valence-electron chi connectivity index (χ2n) is 8.66. The summed E-state index contributed by atoms with van der Waals surface area (Å²) in [5.74, 6) is -1.01. The molecule has 0 N–H and O–H groups in total. The number of carbonyl (C=O) groups excluding carboxylic acids is 2. The molecule has 0 saturated carbocycles. The van der Waals surface area contributed by atoms with E-state index in [4.69, 9.17) is 14.2 Å². The lowest BCUT2D eigenvalue weighted by atomic mass is 9.99. The van der Waals surface area contributed by atoms with E-state index in [2.05, 4.69) is 11.8 Å². The number of nitrogens with zero attached hydrogens (tertiary/aromatic N) is 2. The van der Waals surface area contributed by atoms with E-state index in [9.17, 15) is 18.0 Å². The van der Waals surface area contributed by atoms with E-state index in [1.54, 1.807) is 32.0 Å².